The monoisotopic (exact) mass is 476 g/mol. The van der Waals surface area contributed by atoms with Gasteiger partial charge in [0.15, 0.2) is 0 Å². The molecule has 1 fully saturated rings. The van der Waals surface area contributed by atoms with E-state index in [0.717, 1.165) is 31.2 Å². The van der Waals surface area contributed by atoms with Gasteiger partial charge in [-0.05, 0) is 54.7 Å². The number of nitrogens with zero attached hydrogens (tertiary/aromatic N) is 1. The summed E-state index contributed by atoms with van der Waals surface area (Å²) >= 11 is 12.0. The number of carbonyl (C=O) groups excluding carboxylic acids is 2. The van der Waals surface area contributed by atoms with Gasteiger partial charge in [0.25, 0.3) is 0 Å². The van der Waals surface area contributed by atoms with Gasteiger partial charge in [0, 0.05) is 17.6 Å². The van der Waals surface area contributed by atoms with Crippen molar-refractivity contribution in [2.75, 3.05) is 19.5 Å². The Bertz CT molecular complexity index is 898. The number of methoxy groups -OCH3 is 1. The molecule has 0 radical (unpaired) electrons. The van der Waals surface area contributed by atoms with Gasteiger partial charge in [0.2, 0.25) is 11.8 Å². The minimum Gasteiger partial charge on any atom is -0.497 e. The summed E-state index contributed by atoms with van der Waals surface area (Å²) in [5.41, 5.74) is 1.73. The zero-order chi connectivity index (χ0) is 22.9. The van der Waals surface area contributed by atoms with E-state index in [1.165, 1.54) is 6.42 Å². The van der Waals surface area contributed by atoms with Crippen LogP contribution in [0.4, 0.5) is 0 Å². The Morgan fingerprint density at radius 1 is 1.12 bits per heavy atom. The summed E-state index contributed by atoms with van der Waals surface area (Å²) in [5.74, 6) is -0.0291. The molecule has 0 saturated heterocycles. The zero-order valence-corrected chi connectivity index (χ0v) is 19.9. The first kappa shape index (κ1) is 24.4. The van der Waals surface area contributed by atoms with Crippen molar-refractivity contribution < 1.29 is 14.3 Å². The first-order valence-electron chi connectivity index (χ1n) is 11.1. The lowest BCUT2D eigenvalue weighted by Crippen LogP contribution is -2.48. The minimum absolute atomic E-state index is 0.133. The second-order valence-corrected chi connectivity index (χ2v) is 8.82. The number of amides is 2. The molecule has 3 rings (SSSR count). The van der Waals surface area contributed by atoms with Crippen LogP contribution in [-0.2, 0) is 16.0 Å². The summed E-state index contributed by atoms with van der Waals surface area (Å²) in [7, 11) is 1.58. The standard InChI is InChI=1S/C25H30Cl2N2O3/c1-32-22-9-5-6-19(16-22)24(25(31)28-21-7-3-2-4-8-21)29(23(30)17-26)15-14-18-10-12-20(27)13-11-18/h5-6,9-13,16,21,24H,2-4,7-8,14-15,17H2,1H3,(H,28,31)/t24-/m1/s1. The SMILES string of the molecule is COc1cccc([C@H](C(=O)NC2CCCCC2)N(CCc2ccc(Cl)cc2)C(=O)CCl)c1. The normalized spacial score (nSPS) is 15.1. The highest BCUT2D eigenvalue weighted by Gasteiger charge is 2.32. The van der Waals surface area contributed by atoms with Gasteiger partial charge in [0.1, 0.15) is 17.7 Å². The van der Waals surface area contributed by atoms with E-state index in [1.54, 1.807) is 12.0 Å². The van der Waals surface area contributed by atoms with Gasteiger partial charge in [-0.2, -0.15) is 0 Å². The van der Waals surface area contributed by atoms with E-state index >= 15 is 0 Å². The molecule has 1 aliphatic rings. The van der Waals surface area contributed by atoms with Crippen LogP contribution < -0.4 is 10.1 Å². The van der Waals surface area contributed by atoms with Gasteiger partial charge in [-0.15, -0.1) is 11.6 Å². The number of hydrogen-bond donors (Lipinski definition) is 1. The lowest BCUT2D eigenvalue weighted by atomic mass is 9.94. The van der Waals surface area contributed by atoms with Crippen LogP contribution >= 0.6 is 23.2 Å². The number of nitrogens with one attached hydrogen (secondary N) is 1. The van der Waals surface area contributed by atoms with Crippen LogP contribution in [0.25, 0.3) is 0 Å². The molecule has 32 heavy (non-hydrogen) atoms. The lowest BCUT2D eigenvalue weighted by Gasteiger charge is -2.33. The number of halogens is 2. The second-order valence-electron chi connectivity index (χ2n) is 8.12. The number of rotatable bonds is 9. The lowest BCUT2D eigenvalue weighted by molar-refractivity contribution is -0.139. The van der Waals surface area contributed by atoms with Crippen molar-refractivity contribution in [2.45, 2.75) is 50.6 Å². The Morgan fingerprint density at radius 3 is 2.50 bits per heavy atom. The number of hydrogen-bond acceptors (Lipinski definition) is 3. The largest absolute Gasteiger partial charge is 0.497 e. The molecule has 2 amide bonds. The smallest absolute Gasteiger partial charge is 0.247 e. The van der Waals surface area contributed by atoms with E-state index in [9.17, 15) is 9.59 Å². The molecule has 0 unspecified atom stereocenters. The van der Waals surface area contributed by atoms with E-state index in [1.807, 2.05) is 48.5 Å². The van der Waals surface area contributed by atoms with Crippen molar-refractivity contribution in [3.05, 3.63) is 64.7 Å². The summed E-state index contributed by atoms with van der Waals surface area (Å²) < 4.78 is 5.37. The molecule has 7 heteroatoms. The van der Waals surface area contributed by atoms with Gasteiger partial charge in [-0.3, -0.25) is 9.59 Å². The average molecular weight is 477 g/mol. The van der Waals surface area contributed by atoms with Crippen molar-refractivity contribution in [1.29, 1.82) is 0 Å². The van der Waals surface area contributed by atoms with Crippen molar-refractivity contribution >= 4 is 35.0 Å². The molecule has 1 saturated carbocycles. The third kappa shape index (κ3) is 6.63. The predicted octanol–water partition coefficient (Wildman–Crippen LogP) is 5.15. The quantitative estimate of drug-likeness (QED) is 0.509. The second kappa shape index (κ2) is 12.1. The highest BCUT2D eigenvalue weighted by Crippen LogP contribution is 2.27. The summed E-state index contributed by atoms with van der Waals surface area (Å²) in [6, 6.07) is 14.1. The maximum Gasteiger partial charge on any atom is 0.247 e. The van der Waals surface area contributed by atoms with Crippen LogP contribution in [0.15, 0.2) is 48.5 Å². The Morgan fingerprint density at radius 2 is 1.84 bits per heavy atom. The molecule has 0 bridgehead atoms. The fraction of sp³-hybridized carbons (Fsp3) is 0.440. The minimum atomic E-state index is -0.787. The first-order chi connectivity index (χ1) is 15.5. The molecule has 0 heterocycles. The van der Waals surface area contributed by atoms with Crippen LogP contribution in [0.3, 0.4) is 0 Å². The average Bonchev–Trinajstić information content (AvgIpc) is 2.82. The summed E-state index contributed by atoms with van der Waals surface area (Å²) in [6.45, 7) is 0.354. The molecule has 1 aliphatic carbocycles. The van der Waals surface area contributed by atoms with Gasteiger partial charge < -0.3 is 15.0 Å². The van der Waals surface area contributed by atoms with E-state index in [-0.39, 0.29) is 23.7 Å². The van der Waals surface area contributed by atoms with Crippen LogP contribution in [0.1, 0.15) is 49.3 Å². The number of ether oxygens (including phenoxy) is 1. The zero-order valence-electron chi connectivity index (χ0n) is 18.4. The summed E-state index contributed by atoms with van der Waals surface area (Å²) in [4.78, 5) is 28.0. The van der Waals surface area contributed by atoms with Gasteiger partial charge >= 0.3 is 0 Å². The van der Waals surface area contributed by atoms with Crippen molar-refractivity contribution in [1.82, 2.24) is 10.2 Å². The van der Waals surface area contributed by atoms with Crippen LogP contribution in [0.5, 0.6) is 5.75 Å². The van der Waals surface area contributed by atoms with Gasteiger partial charge in [-0.25, -0.2) is 0 Å². The maximum atomic E-state index is 13.5. The van der Waals surface area contributed by atoms with Gasteiger partial charge in [0.05, 0.1) is 7.11 Å². The fourth-order valence-corrected chi connectivity index (χ4v) is 4.47. The van der Waals surface area contributed by atoms with Gasteiger partial charge in [-0.1, -0.05) is 55.1 Å². The molecule has 5 nitrogen and oxygen atoms in total. The molecular weight excluding hydrogens is 447 g/mol. The molecule has 172 valence electrons. The summed E-state index contributed by atoms with van der Waals surface area (Å²) in [6.07, 6.45) is 5.92. The Hall–Kier alpha value is -2.24. The third-order valence-corrected chi connectivity index (χ3v) is 6.39. The highest BCUT2D eigenvalue weighted by atomic mass is 35.5. The topological polar surface area (TPSA) is 58.6 Å². The summed E-state index contributed by atoms with van der Waals surface area (Å²) in [5, 5.41) is 3.84. The Labute approximate surface area is 200 Å². The van der Waals surface area contributed by atoms with Crippen molar-refractivity contribution in [3.63, 3.8) is 0 Å². The van der Waals surface area contributed by atoms with E-state index in [4.69, 9.17) is 27.9 Å². The fourth-order valence-electron chi connectivity index (χ4n) is 4.19. The Kier molecular flexibility index (Phi) is 9.24. The first-order valence-corrected chi connectivity index (χ1v) is 12.0. The molecule has 0 aliphatic heterocycles. The van der Waals surface area contributed by atoms with Crippen molar-refractivity contribution in [3.8, 4) is 5.75 Å². The third-order valence-electron chi connectivity index (χ3n) is 5.91. The number of benzene rings is 2. The van der Waals surface area contributed by atoms with E-state index in [2.05, 4.69) is 5.32 Å². The predicted molar refractivity (Wildman–Crippen MR) is 128 cm³/mol. The van der Waals surface area contributed by atoms with Crippen LogP contribution in [0, 0.1) is 0 Å². The highest BCUT2D eigenvalue weighted by molar-refractivity contribution is 6.30. The molecule has 2 aromatic rings. The molecule has 1 N–H and O–H groups in total. The molecule has 2 aromatic carbocycles. The molecule has 0 spiro atoms. The molecular formula is C25H30Cl2N2O3. The number of carbonyl (C=O) groups is 2. The maximum absolute atomic E-state index is 13.5. The van der Waals surface area contributed by atoms with Crippen LogP contribution in [-0.4, -0.2) is 42.3 Å². The number of alkyl halides is 1. The molecule has 1 atom stereocenters. The van der Waals surface area contributed by atoms with Crippen molar-refractivity contribution in [2.24, 2.45) is 0 Å². The molecule has 0 aromatic heterocycles. The van der Waals surface area contributed by atoms with E-state index < -0.39 is 6.04 Å². The van der Waals surface area contributed by atoms with Crippen LogP contribution in [0.2, 0.25) is 5.02 Å². The van der Waals surface area contributed by atoms with E-state index in [0.29, 0.717) is 29.3 Å². The Balaban J connectivity index is 1.89.